The minimum Gasteiger partial charge on any atom is -0.462 e. The van der Waals surface area contributed by atoms with Gasteiger partial charge in [0.05, 0.1) is 6.61 Å². The molecular weight excluding hydrogens is 789 g/mol. The summed E-state index contributed by atoms with van der Waals surface area (Å²) in [6.07, 6.45) is 73.9. The maximum Gasteiger partial charge on any atom is 0.306 e. The third kappa shape index (κ3) is 51.2. The normalized spacial score (nSPS) is 13.1. The summed E-state index contributed by atoms with van der Waals surface area (Å²) in [5, 5.41) is 0. The monoisotopic (exact) mass is 887 g/mol. The lowest BCUT2D eigenvalue weighted by Crippen LogP contribution is -2.30. The molecule has 364 valence electrons. The van der Waals surface area contributed by atoms with Crippen LogP contribution in [0.1, 0.15) is 226 Å². The number of carbonyl (C=O) groups excluding carboxylic acids is 2. The van der Waals surface area contributed by atoms with Gasteiger partial charge in [-0.2, -0.15) is 0 Å². The van der Waals surface area contributed by atoms with E-state index in [0.717, 1.165) is 116 Å². The van der Waals surface area contributed by atoms with Crippen molar-refractivity contribution in [2.24, 2.45) is 0 Å². The zero-order valence-electron chi connectivity index (χ0n) is 41.8. The second kappa shape index (κ2) is 53.9. The molecule has 0 aliphatic carbocycles. The Morgan fingerprint density at radius 1 is 0.359 bits per heavy atom. The molecule has 0 aromatic heterocycles. The van der Waals surface area contributed by atoms with Gasteiger partial charge < -0.3 is 14.2 Å². The molecule has 0 saturated carbocycles. The van der Waals surface area contributed by atoms with Gasteiger partial charge in [0.15, 0.2) is 6.10 Å². The van der Waals surface area contributed by atoms with Crippen molar-refractivity contribution in [3.05, 3.63) is 109 Å². The maximum atomic E-state index is 12.8. The van der Waals surface area contributed by atoms with Gasteiger partial charge in [-0.25, -0.2) is 0 Å². The van der Waals surface area contributed by atoms with Gasteiger partial charge in [0.2, 0.25) is 0 Å². The number of ether oxygens (including phenoxy) is 3. The third-order valence-corrected chi connectivity index (χ3v) is 10.7. The summed E-state index contributed by atoms with van der Waals surface area (Å²) in [4.78, 5) is 25.4. The Bertz CT molecular complexity index is 1280. The van der Waals surface area contributed by atoms with Crippen LogP contribution in [0.4, 0.5) is 0 Å². The molecule has 5 heteroatoms. The van der Waals surface area contributed by atoms with Crippen molar-refractivity contribution in [3.63, 3.8) is 0 Å². The number of allylic oxidation sites excluding steroid dienone is 18. The van der Waals surface area contributed by atoms with E-state index >= 15 is 0 Å². The maximum absolute atomic E-state index is 12.8. The zero-order chi connectivity index (χ0) is 46.3. The van der Waals surface area contributed by atoms with E-state index in [9.17, 15) is 9.59 Å². The van der Waals surface area contributed by atoms with Crippen LogP contribution >= 0.6 is 0 Å². The summed E-state index contributed by atoms with van der Waals surface area (Å²) in [6.45, 7) is 7.49. The van der Waals surface area contributed by atoms with Crippen LogP contribution < -0.4 is 0 Å². The van der Waals surface area contributed by atoms with Crippen LogP contribution in [0, 0.1) is 0 Å². The Morgan fingerprint density at radius 3 is 1.19 bits per heavy atom. The standard InChI is InChI=1S/C59H98O5/c1-4-7-10-13-16-19-22-25-27-29-31-33-36-39-42-45-48-51-54-62-55-57(64-59(61)53-50-47-44-41-38-34-24-21-18-15-12-9-6-3)56-63-58(60)52-49-46-43-40-37-35-32-30-28-26-23-20-17-14-11-8-5-2/h7,10,12,15-17,19-21,24-28,31,33,39,42,57H,4-6,8-9,11,13-14,18,22-23,29-30,32,34-38,40-41,43-56H2,1-3H3/b10-7-,15-12-,19-16-,20-17-,24-21-,27-25-,28-26-,33-31-,42-39-. The summed E-state index contributed by atoms with van der Waals surface area (Å²) < 4.78 is 17.4. The van der Waals surface area contributed by atoms with Gasteiger partial charge in [-0.15, -0.1) is 0 Å². The number of hydrogen-bond donors (Lipinski definition) is 0. The Hall–Kier alpha value is -3.44. The van der Waals surface area contributed by atoms with Crippen molar-refractivity contribution in [2.45, 2.75) is 232 Å². The zero-order valence-corrected chi connectivity index (χ0v) is 41.8. The van der Waals surface area contributed by atoms with Crippen molar-refractivity contribution in [1.82, 2.24) is 0 Å². The number of unbranched alkanes of at least 4 members (excludes halogenated alkanes) is 18. The number of carbonyl (C=O) groups is 2. The lowest BCUT2D eigenvalue weighted by atomic mass is 10.1. The van der Waals surface area contributed by atoms with Crippen LogP contribution in [0.2, 0.25) is 0 Å². The molecule has 0 N–H and O–H groups in total. The van der Waals surface area contributed by atoms with Gasteiger partial charge >= 0.3 is 11.9 Å². The average Bonchev–Trinajstić information content (AvgIpc) is 3.30. The molecule has 0 aromatic carbocycles. The lowest BCUT2D eigenvalue weighted by molar-refractivity contribution is -0.163. The van der Waals surface area contributed by atoms with Crippen LogP contribution in [0.25, 0.3) is 0 Å². The van der Waals surface area contributed by atoms with Crippen LogP contribution in [-0.2, 0) is 23.8 Å². The van der Waals surface area contributed by atoms with Crippen LogP contribution in [0.3, 0.4) is 0 Å². The first-order valence-electron chi connectivity index (χ1n) is 26.4. The van der Waals surface area contributed by atoms with Crippen LogP contribution in [-0.4, -0.2) is 37.9 Å². The lowest BCUT2D eigenvalue weighted by Gasteiger charge is -2.18. The molecule has 0 aliphatic heterocycles. The fourth-order valence-corrected chi connectivity index (χ4v) is 6.84. The van der Waals surface area contributed by atoms with E-state index in [4.69, 9.17) is 14.2 Å². The van der Waals surface area contributed by atoms with E-state index in [2.05, 4.69) is 130 Å². The fraction of sp³-hybridized carbons (Fsp3) is 0.661. The van der Waals surface area contributed by atoms with E-state index in [0.29, 0.717) is 19.4 Å². The first-order valence-corrected chi connectivity index (χ1v) is 26.4. The van der Waals surface area contributed by atoms with E-state index < -0.39 is 6.10 Å². The highest BCUT2D eigenvalue weighted by Gasteiger charge is 2.17. The highest BCUT2D eigenvalue weighted by molar-refractivity contribution is 5.70. The third-order valence-electron chi connectivity index (χ3n) is 10.7. The van der Waals surface area contributed by atoms with Crippen molar-refractivity contribution < 1.29 is 23.8 Å². The quantitative estimate of drug-likeness (QED) is 0.0346. The molecule has 0 aliphatic rings. The van der Waals surface area contributed by atoms with E-state index in [1.54, 1.807) is 0 Å². The molecule has 1 atom stereocenters. The molecule has 64 heavy (non-hydrogen) atoms. The predicted octanol–water partition coefficient (Wildman–Crippen LogP) is 18.0. The van der Waals surface area contributed by atoms with Crippen molar-refractivity contribution in [3.8, 4) is 0 Å². The van der Waals surface area contributed by atoms with Crippen molar-refractivity contribution >= 4 is 11.9 Å². The van der Waals surface area contributed by atoms with E-state index in [1.807, 2.05) is 0 Å². The summed E-state index contributed by atoms with van der Waals surface area (Å²) >= 11 is 0. The molecule has 0 amide bonds. The Kier molecular flexibility index (Phi) is 51.0. The van der Waals surface area contributed by atoms with Gasteiger partial charge in [-0.05, 0) is 122 Å². The molecule has 0 heterocycles. The van der Waals surface area contributed by atoms with Crippen molar-refractivity contribution in [1.29, 1.82) is 0 Å². The predicted molar refractivity (Wildman–Crippen MR) is 279 cm³/mol. The SMILES string of the molecule is CC/C=C\C/C=C\C/C=C\C/C=C\C/C=C\CCCCOCC(COC(=O)CCCCCCCCC/C=C\C/C=C\CCCCC)OC(=O)CCCCCCC/C=C\C/C=C\CCC. The molecular formula is C59H98O5. The van der Waals surface area contributed by atoms with Gasteiger partial charge in [-0.1, -0.05) is 201 Å². The summed E-state index contributed by atoms with van der Waals surface area (Å²) in [5.74, 6) is -0.452. The number of esters is 2. The molecule has 0 spiro atoms. The molecule has 0 fully saturated rings. The second-order valence-electron chi connectivity index (χ2n) is 17.0. The van der Waals surface area contributed by atoms with Gasteiger partial charge in [0.1, 0.15) is 6.61 Å². The van der Waals surface area contributed by atoms with E-state index in [-0.39, 0.29) is 25.2 Å². The average molecular weight is 887 g/mol. The molecule has 0 saturated heterocycles. The highest BCUT2D eigenvalue weighted by Crippen LogP contribution is 2.13. The largest absolute Gasteiger partial charge is 0.462 e. The minimum absolute atomic E-state index is 0.0518. The number of rotatable bonds is 47. The topological polar surface area (TPSA) is 61.8 Å². The summed E-state index contributed by atoms with van der Waals surface area (Å²) in [6, 6.07) is 0. The minimum atomic E-state index is -0.576. The Labute approximate surface area is 395 Å². The smallest absolute Gasteiger partial charge is 0.306 e. The Morgan fingerprint density at radius 2 is 0.734 bits per heavy atom. The van der Waals surface area contributed by atoms with Gasteiger partial charge in [-0.3, -0.25) is 9.59 Å². The van der Waals surface area contributed by atoms with Crippen LogP contribution in [0.15, 0.2) is 109 Å². The number of hydrogen-bond acceptors (Lipinski definition) is 5. The van der Waals surface area contributed by atoms with Crippen LogP contribution in [0.5, 0.6) is 0 Å². The molecule has 5 nitrogen and oxygen atoms in total. The fourth-order valence-electron chi connectivity index (χ4n) is 6.84. The summed E-state index contributed by atoms with van der Waals surface area (Å²) in [5.41, 5.74) is 0. The molecule has 0 rings (SSSR count). The molecule has 0 aromatic rings. The van der Waals surface area contributed by atoms with E-state index in [1.165, 1.54) is 77.0 Å². The molecule has 0 radical (unpaired) electrons. The van der Waals surface area contributed by atoms with Crippen molar-refractivity contribution in [2.75, 3.05) is 19.8 Å². The second-order valence-corrected chi connectivity index (χ2v) is 17.0. The summed E-state index contributed by atoms with van der Waals surface area (Å²) in [7, 11) is 0. The first-order chi connectivity index (χ1) is 31.6. The molecule has 0 bridgehead atoms. The van der Waals surface area contributed by atoms with Gasteiger partial charge in [0, 0.05) is 19.4 Å². The Balaban J connectivity index is 4.39. The first kappa shape index (κ1) is 60.6. The molecule has 1 unspecified atom stereocenters. The highest BCUT2D eigenvalue weighted by atomic mass is 16.6. The van der Waals surface area contributed by atoms with Gasteiger partial charge in [0.25, 0.3) is 0 Å².